The Morgan fingerprint density at radius 2 is 2.33 bits per heavy atom. The first kappa shape index (κ1) is 10.7. The van der Waals surface area contributed by atoms with E-state index in [-0.39, 0.29) is 17.0 Å². The number of anilines is 1. The molecule has 0 saturated heterocycles. The van der Waals surface area contributed by atoms with E-state index in [1.54, 1.807) is 0 Å². The monoisotopic (exact) mass is 263 g/mol. The molecular formula is C10H6ClN5O2. The molecule has 0 saturated carbocycles. The molecule has 90 valence electrons. The summed E-state index contributed by atoms with van der Waals surface area (Å²) in [5.74, 6) is -0.291. The van der Waals surface area contributed by atoms with Gasteiger partial charge in [0.25, 0.3) is 5.91 Å². The summed E-state index contributed by atoms with van der Waals surface area (Å²) < 4.78 is 4.81. The van der Waals surface area contributed by atoms with Gasteiger partial charge in [-0.2, -0.15) is 9.97 Å². The molecule has 0 aromatic carbocycles. The number of halogens is 1. The van der Waals surface area contributed by atoms with Gasteiger partial charge >= 0.3 is 0 Å². The van der Waals surface area contributed by atoms with E-state index >= 15 is 0 Å². The SMILES string of the molecule is O=C(Nc1nc(Cl)c2[nH]cnc2n1)c1ccoc1. The second kappa shape index (κ2) is 4.11. The van der Waals surface area contributed by atoms with Gasteiger partial charge in [0, 0.05) is 0 Å². The van der Waals surface area contributed by atoms with Crippen LogP contribution in [0.3, 0.4) is 0 Å². The fourth-order valence-electron chi connectivity index (χ4n) is 1.42. The number of aromatic nitrogens is 4. The van der Waals surface area contributed by atoms with E-state index in [1.807, 2.05) is 0 Å². The smallest absolute Gasteiger partial charge is 0.261 e. The highest BCUT2D eigenvalue weighted by molar-refractivity contribution is 6.33. The third-order valence-corrected chi connectivity index (χ3v) is 2.52. The van der Waals surface area contributed by atoms with Crippen molar-refractivity contribution in [1.82, 2.24) is 19.9 Å². The fourth-order valence-corrected chi connectivity index (χ4v) is 1.64. The van der Waals surface area contributed by atoms with Crippen LogP contribution in [0.5, 0.6) is 0 Å². The van der Waals surface area contributed by atoms with Crippen LogP contribution in [-0.4, -0.2) is 25.8 Å². The predicted octanol–water partition coefficient (Wildman–Crippen LogP) is 1.85. The standard InChI is InChI=1S/C10H6ClN5O2/c11-7-6-8(13-4-12-6)15-10(14-7)16-9(17)5-1-2-18-3-5/h1-4H,(H2,12,13,14,15,16,17). The van der Waals surface area contributed by atoms with Crippen LogP contribution in [0.4, 0.5) is 5.95 Å². The molecule has 0 radical (unpaired) electrons. The zero-order valence-corrected chi connectivity index (χ0v) is 9.60. The van der Waals surface area contributed by atoms with Crippen molar-refractivity contribution in [2.75, 3.05) is 5.32 Å². The first-order valence-electron chi connectivity index (χ1n) is 4.94. The number of H-pyrrole nitrogens is 1. The van der Waals surface area contributed by atoms with E-state index in [0.29, 0.717) is 16.7 Å². The topological polar surface area (TPSA) is 96.7 Å². The Balaban J connectivity index is 1.93. The van der Waals surface area contributed by atoms with Gasteiger partial charge in [0.1, 0.15) is 11.8 Å². The molecular weight excluding hydrogens is 258 g/mol. The molecule has 8 heteroatoms. The van der Waals surface area contributed by atoms with Crippen molar-refractivity contribution in [2.24, 2.45) is 0 Å². The molecule has 0 aliphatic heterocycles. The Labute approximate surface area is 105 Å². The minimum atomic E-state index is -0.380. The summed E-state index contributed by atoms with van der Waals surface area (Å²) in [6.45, 7) is 0. The van der Waals surface area contributed by atoms with Gasteiger partial charge in [-0.1, -0.05) is 11.6 Å². The Morgan fingerprint density at radius 1 is 1.44 bits per heavy atom. The minimum absolute atomic E-state index is 0.0887. The number of carbonyl (C=O) groups excluding carboxylic acids is 1. The van der Waals surface area contributed by atoms with Crippen LogP contribution in [-0.2, 0) is 0 Å². The van der Waals surface area contributed by atoms with Gasteiger partial charge in [0.15, 0.2) is 10.8 Å². The Bertz CT molecular complexity index is 706. The second-order valence-electron chi connectivity index (χ2n) is 3.41. The quantitative estimate of drug-likeness (QED) is 0.688. The van der Waals surface area contributed by atoms with Gasteiger partial charge in [0.05, 0.1) is 18.2 Å². The fraction of sp³-hybridized carbons (Fsp3) is 0. The minimum Gasteiger partial charge on any atom is -0.472 e. The third-order valence-electron chi connectivity index (χ3n) is 2.25. The van der Waals surface area contributed by atoms with Crippen LogP contribution in [0.1, 0.15) is 10.4 Å². The number of furan rings is 1. The number of amides is 1. The highest BCUT2D eigenvalue weighted by Gasteiger charge is 2.12. The molecule has 7 nitrogen and oxygen atoms in total. The summed E-state index contributed by atoms with van der Waals surface area (Å²) >= 11 is 5.92. The van der Waals surface area contributed by atoms with Crippen molar-refractivity contribution in [2.45, 2.75) is 0 Å². The number of rotatable bonds is 2. The summed E-state index contributed by atoms with van der Waals surface area (Å²) in [6, 6.07) is 1.53. The van der Waals surface area contributed by atoms with E-state index in [1.165, 1.54) is 24.9 Å². The van der Waals surface area contributed by atoms with Crippen LogP contribution in [0.15, 0.2) is 29.3 Å². The molecule has 3 heterocycles. The second-order valence-corrected chi connectivity index (χ2v) is 3.76. The van der Waals surface area contributed by atoms with E-state index in [9.17, 15) is 4.79 Å². The molecule has 3 rings (SSSR count). The number of hydrogen-bond donors (Lipinski definition) is 2. The van der Waals surface area contributed by atoms with E-state index < -0.39 is 0 Å². The number of nitrogens with zero attached hydrogens (tertiary/aromatic N) is 3. The lowest BCUT2D eigenvalue weighted by Gasteiger charge is -2.01. The van der Waals surface area contributed by atoms with E-state index in [0.717, 1.165) is 0 Å². The number of carbonyl (C=O) groups is 1. The summed E-state index contributed by atoms with van der Waals surface area (Å²) in [6.07, 6.45) is 4.18. The van der Waals surface area contributed by atoms with Crippen molar-refractivity contribution >= 4 is 34.6 Å². The van der Waals surface area contributed by atoms with Crippen LogP contribution in [0.25, 0.3) is 11.2 Å². The Morgan fingerprint density at radius 3 is 3.11 bits per heavy atom. The summed E-state index contributed by atoms with van der Waals surface area (Å²) in [7, 11) is 0. The lowest BCUT2D eigenvalue weighted by Crippen LogP contribution is -2.13. The first-order valence-corrected chi connectivity index (χ1v) is 5.32. The number of aromatic amines is 1. The van der Waals surface area contributed by atoms with Crippen molar-refractivity contribution in [3.63, 3.8) is 0 Å². The van der Waals surface area contributed by atoms with Crippen molar-refractivity contribution in [3.8, 4) is 0 Å². The molecule has 2 N–H and O–H groups in total. The van der Waals surface area contributed by atoms with Crippen molar-refractivity contribution in [3.05, 3.63) is 35.6 Å². The van der Waals surface area contributed by atoms with Crippen LogP contribution in [0, 0.1) is 0 Å². The molecule has 0 bridgehead atoms. The van der Waals surface area contributed by atoms with Gasteiger partial charge in [0.2, 0.25) is 5.95 Å². The average molecular weight is 264 g/mol. The maximum atomic E-state index is 11.7. The maximum absolute atomic E-state index is 11.7. The molecule has 0 aliphatic rings. The lowest BCUT2D eigenvalue weighted by atomic mass is 10.3. The highest BCUT2D eigenvalue weighted by Crippen LogP contribution is 2.18. The highest BCUT2D eigenvalue weighted by atomic mass is 35.5. The molecule has 0 fully saturated rings. The summed E-state index contributed by atoms with van der Waals surface area (Å²) in [5.41, 5.74) is 1.28. The van der Waals surface area contributed by atoms with E-state index in [4.69, 9.17) is 16.0 Å². The lowest BCUT2D eigenvalue weighted by molar-refractivity contribution is 0.102. The number of fused-ring (bicyclic) bond motifs is 1. The Kier molecular flexibility index (Phi) is 2.45. The molecule has 0 atom stereocenters. The maximum Gasteiger partial charge on any atom is 0.261 e. The largest absolute Gasteiger partial charge is 0.472 e. The van der Waals surface area contributed by atoms with Gasteiger partial charge in [-0.25, -0.2) is 4.98 Å². The number of nitrogens with one attached hydrogen (secondary N) is 2. The van der Waals surface area contributed by atoms with Crippen LogP contribution >= 0.6 is 11.6 Å². The predicted molar refractivity (Wildman–Crippen MR) is 63.4 cm³/mol. The van der Waals surface area contributed by atoms with Gasteiger partial charge < -0.3 is 9.40 Å². The molecule has 0 aliphatic carbocycles. The summed E-state index contributed by atoms with van der Waals surface area (Å²) in [5, 5.41) is 2.70. The molecule has 3 aromatic rings. The van der Waals surface area contributed by atoms with Crippen LogP contribution < -0.4 is 5.32 Å². The number of imidazole rings is 1. The van der Waals surface area contributed by atoms with Gasteiger partial charge in [-0.05, 0) is 6.07 Å². The van der Waals surface area contributed by atoms with Crippen LogP contribution in [0.2, 0.25) is 5.15 Å². The molecule has 0 spiro atoms. The molecule has 0 unspecified atom stereocenters. The van der Waals surface area contributed by atoms with Gasteiger partial charge in [-0.3, -0.25) is 10.1 Å². The number of hydrogen-bond acceptors (Lipinski definition) is 5. The summed E-state index contributed by atoms with van der Waals surface area (Å²) in [4.78, 5) is 26.5. The normalized spacial score (nSPS) is 10.7. The molecule has 3 aromatic heterocycles. The zero-order valence-electron chi connectivity index (χ0n) is 8.85. The zero-order chi connectivity index (χ0) is 12.5. The Hall–Kier alpha value is -2.41. The van der Waals surface area contributed by atoms with E-state index in [2.05, 4.69) is 25.3 Å². The average Bonchev–Trinajstić information content (AvgIpc) is 2.99. The third kappa shape index (κ3) is 1.80. The van der Waals surface area contributed by atoms with Crippen molar-refractivity contribution < 1.29 is 9.21 Å². The molecule has 18 heavy (non-hydrogen) atoms. The first-order chi connectivity index (χ1) is 8.74. The molecule has 1 amide bonds. The van der Waals surface area contributed by atoms with Crippen molar-refractivity contribution in [1.29, 1.82) is 0 Å². The van der Waals surface area contributed by atoms with Gasteiger partial charge in [-0.15, -0.1) is 0 Å².